The van der Waals surface area contributed by atoms with Gasteiger partial charge in [-0.3, -0.25) is 4.79 Å². The van der Waals surface area contributed by atoms with Crippen LogP contribution in [0.25, 0.3) is 0 Å². The second kappa shape index (κ2) is 5.71. The number of carbonyl (C=O) groups excluding carboxylic acids is 1. The molecule has 0 fully saturated rings. The second-order valence-corrected chi connectivity index (χ2v) is 3.43. The first-order chi connectivity index (χ1) is 7.19. The molecule has 1 aromatic rings. The highest BCUT2D eigenvalue weighted by Crippen LogP contribution is 2.16. The lowest BCUT2D eigenvalue weighted by molar-refractivity contribution is -0.118. The van der Waals surface area contributed by atoms with Gasteiger partial charge in [0, 0.05) is 24.5 Å². The van der Waals surface area contributed by atoms with Crippen molar-refractivity contribution in [1.29, 1.82) is 0 Å². The number of alkyl halides is 1. The number of nitrogens with zero attached hydrogens (tertiary/aromatic N) is 1. The molecule has 0 unspecified atom stereocenters. The molecule has 15 heavy (non-hydrogen) atoms. The molecule has 0 aromatic heterocycles. The molecule has 1 aromatic carbocycles. The van der Waals surface area contributed by atoms with E-state index in [2.05, 4.69) is 0 Å². The Morgan fingerprint density at radius 2 is 2.27 bits per heavy atom. The summed E-state index contributed by atoms with van der Waals surface area (Å²) in [5.74, 6) is -0.146. The van der Waals surface area contributed by atoms with Crippen LogP contribution >= 0.6 is 11.6 Å². The third kappa shape index (κ3) is 3.20. The number of halogens is 2. The average molecular weight is 230 g/mol. The molecular weight excluding hydrogens is 217 g/mol. The van der Waals surface area contributed by atoms with Gasteiger partial charge in [0.2, 0.25) is 5.91 Å². The fourth-order valence-electron chi connectivity index (χ4n) is 1.36. The number of amides is 1. The number of carbonyl (C=O) groups is 1. The SMILES string of the molecule is CCN(C(=O)CCCl)c1cccc(F)c1. The van der Waals surface area contributed by atoms with Gasteiger partial charge in [-0.1, -0.05) is 6.07 Å². The number of rotatable bonds is 4. The molecule has 82 valence electrons. The van der Waals surface area contributed by atoms with E-state index in [1.807, 2.05) is 6.92 Å². The molecule has 0 saturated carbocycles. The van der Waals surface area contributed by atoms with Crippen LogP contribution < -0.4 is 4.90 Å². The molecule has 1 rings (SSSR count). The van der Waals surface area contributed by atoms with E-state index in [-0.39, 0.29) is 24.0 Å². The molecule has 0 saturated heterocycles. The lowest BCUT2D eigenvalue weighted by atomic mass is 10.2. The van der Waals surface area contributed by atoms with Crippen molar-refractivity contribution in [2.75, 3.05) is 17.3 Å². The van der Waals surface area contributed by atoms with E-state index in [9.17, 15) is 9.18 Å². The van der Waals surface area contributed by atoms with Gasteiger partial charge in [0.15, 0.2) is 0 Å². The molecule has 0 radical (unpaired) electrons. The van der Waals surface area contributed by atoms with Crippen LogP contribution in [0.15, 0.2) is 24.3 Å². The van der Waals surface area contributed by atoms with Gasteiger partial charge in [-0.05, 0) is 25.1 Å². The molecule has 1 amide bonds. The maximum atomic E-state index is 12.9. The average Bonchev–Trinajstić information content (AvgIpc) is 2.19. The molecule has 2 nitrogen and oxygen atoms in total. The number of hydrogen-bond donors (Lipinski definition) is 0. The van der Waals surface area contributed by atoms with Gasteiger partial charge in [-0.2, -0.15) is 0 Å². The Morgan fingerprint density at radius 1 is 1.53 bits per heavy atom. The zero-order valence-electron chi connectivity index (χ0n) is 8.54. The zero-order valence-corrected chi connectivity index (χ0v) is 9.30. The second-order valence-electron chi connectivity index (χ2n) is 3.06. The van der Waals surface area contributed by atoms with Crippen molar-refractivity contribution in [2.45, 2.75) is 13.3 Å². The van der Waals surface area contributed by atoms with Crippen molar-refractivity contribution < 1.29 is 9.18 Å². The molecule has 0 heterocycles. The van der Waals surface area contributed by atoms with E-state index in [4.69, 9.17) is 11.6 Å². The van der Waals surface area contributed by atoms with E-state index in [1.165, 1.54) is 17.0 Å². The third-order valence-corrected chi connectivity index (χ3v) is 2.23. The summed E-state index contributed by atoms with van der Waals surface area (Å²) in [6.07, 6.45) is 0.270. The lowest BCUT2D eigenvalue weighted by Crippen LogP contribution is -2.30. The van der Waals surface area contributed by atoms with Crippen molar-refractivity contribution in [3.8, 4) is 0 Å². The van der Waals surface area contributed by atoms with Crippen LogP contribution in [0.1, 0.15) is 13.3 Å². The van der Waals surface area contributed by atoms with E-state index in [1.54, 1.807) is 12.1 Å². The van der Waals surface area contributed by atoms with E-state index in [0.717, 1.165) is 0 Å². The summed E-state index contributed by atoms with van der Waals surface area (Å²) >= 11 is 5.49. The third-order valence-electron chi connectivity index (χ3n) is 2.05. The minimum Gasteiger partial charge on any atom is -0.313 e. The molecular formula is C11H13ClFNO. The highest BCUT2D eigenvalue weighted by Gasteiger charge is 2.13. The summed E-state index contributed by atoms with van der Waals surface area (Å²) in [4.78, 5) is 13.1. The topological polar surface area (TPSA) is 20.3 Å². The number of anilines is 1. The van der Waals surface area contributed by atoms with Gasteiger partial charge in [0.25, 0.3) is 0 Å². The largest absolute Gasteiger partial charge is 0.313 e. The van der Waals surface area contributed by atoms with E-state index < -0.39 is 0 Å². The molecule has 0 bridgehead atoms. The van der Waals surface area contributed by atoms with Crippen molar-refractivity contribution in [1.82, 2.24) is 0 Å². The quantitative estimate of drug-likeness (QED) is 0.727. The van der Waals surface area contributed by atoms with E-state index in [0.29, 0.717) is 12.2 Å². The Hall–Kier alpha value is -1.09. The van der Waals surface area contributed by atoms with Gasteiger partial charge in [0.05, 0.1) is 0 Å². The Kier molecular flexibility index (Phi) is 4.56. The first kappa shape index (κ1) is 12.0. The summed E-state index contributed by atoms with van der Waals surface area (Å²) in [5, 5.41) is 0. The predicted molar refractivity (Wildman–Crippen MR) is 59.8 cm³/mol. The molecule has 0 aliphatic carbocycles. The van der Waals surface area contributed by atoms with Gasteiger partial charge >= 0.3 is 0 Å². The number of hydrogen-bond acceptors (Lipinski definition) is 1. The normalized spacial score (nSPS) is 10.1. The van der Waals surface area contributed by atoms with Crippen LogP contribution in [0.4, 0.5) is 10.1 Å². The van der Waals surface area contributed by atoms with Crippen molar-refractivity contribution in [2.24, 2.45) is 0 Å². The van der Waals surface area contributed by atoms with Crippen molar-refractivity contribution in [3.63, 3.8) is 0 Å². The highest BCUT2D eigenvalue weighted by atomic mass is 35.5. The predicted octanol–water partition coefficient (Wildman–Crippen LogP) is 2.81. The molecule has 4 heteroatoms. The number of benzene rings is 1. The monoisotopic (exact) mass is 229 g/mol. The van der Waals surface area contributed by atoms with Crippen molar-refractivity contribution in [3.05, 3.63) is 30.1 Å². The Balaban J connectivity index is 2.87. The fraction of sp³-hybridized carbons (Fsp3) is 0.364. The van der Waals surface area contributed by atoms with Crippen LogP contribution in [-0.4, -0.2) is 18.3 Å². The Morgan fingerprint density at radius 3 is 2.80 bits per heavy atom. The van der Waals surface area contributed by atoms with E-state index >= 15 is 0 Å². The van der Waals surface area contributed by atoms with Crippen LogP contribution in [-0.2, 0) is 4.79 Å². The molecule has 0 atom stereocenters. The Bertz CT molecular complexity index is 343. The summed E-state index contributed by atoms with van der Waals surface area (Å²) in [7, 11) is 0. The minimum atomic E-state index is -0.343. The molecule has 0 aliphatic rings. The van der Waals surface area contributed by atoms with Gasteiger partial charge in [-0.15, -0.1) is 11.6 Å². The zero-order chi connectivity index (χ0) is 11.3. The highest BCUT2D eigenvalue weighted by molar-refractivity contribution is 6.19. The minimum absolute atomic E-state index is 0.0851. The van der Waals surface area contributed by atoms with Gasteiger partial charge in [-0.25, -0.2) is 4.39 Å². The summed E-state index contributed by atoms with van der Waals surface area (Å²) in [6, 6.07) is 5.99. The molecule has 0 spiro atoms. The Labute approximate surface area is 93.6 Å². The van der Waals surface area contributed by atoms with Crippen LogP contribution in [0.5, 0.6) is 0 Å². The lowest BCUT2D eigenvalue weighted by Gasteiger charge is -2.20. The smallest absolute Gasteiger partial charge is 0.228 e. The summed E-state index contributed by atoms with van der Waals surface area (Å²) < 4.78 is 12.9. The maximum Gasteiger partial charge on any atom is 0.228 e. The molecule has 0 aliphatic heterocycles. The van der Waals surface area contributed by atoms with Crippen molar-refractivity contribution >= 4 is 23.2 Å². The van der Waals surface area contributed by atoms with Gasteiger partial charge < -0.3 is 4.90 Å². The molecule has 0 N–H and O–H groups in total. The first-order valence-corrected chi connectivity index (χ1v) is 5.34. The van der Waals surface area contributed by atoms with Gasteiger partial charge in [0.1, 0.15) is 5.82 Å². The fourth-order valence-corrected chi connectivity index (χ4v) is 1.52. The van der Waals surface area contributed by atoms with Crippen LogP contribution in [0.3, 0.4) is 0 Å². The van der Waals surface area contributed by atoms with Crippen LogP contribution in [0.2, 0.25) is 0 Å². The van der Waals surface area contributed by atoms with Crippen LogP contribution in [0, 0.1) is 5.82 Å². The summed E-state index contributed by atoms with van der Waals surface area (Å²) in [6.45, 7) is 2.36. The summed E-state index contributed by atoms with van der Waals surface area (Å²) in [5.41, 5.74) is 0.576. The standard InChI is InChI=1S/C11H13ClFNO/c1-2-14(11(15)6-7-12)10-5-3-4-9(13)8-10/h3-5,8H,2,6-7H2,1H3. The maximum absolute atomic E-state index is 12.9. The first-order valence-electron chi connectivity index (χ1n) is 4.81.